The molecule has 5 rings (SSSR count). The molecule has 2 heterocycles. The van der Waals surface area contributed by atoms with E-state index in [2.05, 4.69) is 22.3 Å². The molecule has 0 atom stereocenters. The first kappa shape index (κ1) is 20.6. The average molecular weight is 446 g/mol. The highest BCUT2D eigenvalue weighted by molar-refractivity contribution is 6.05. The standard InChI is InChI=1S/C24H22N4O5/c1-2-9-25-24(31)28-19(14-3-4-14)12-18(27-28)17-11-16(6-7-20(17)29)26-23(30)15-5-8-21-22(10-15)33-13-32-21/h2,5-8,10-12,14,29H,1,3-4,9,13H2,(H,25,31)(H,26,30). The maximum atomic E-state index is 12.7. The number of nitrogens with zero attached hydrogens (tertiary/aromatic N) is 2. The fourth-order valence-electron chi connectivity index (χ4n) is 3.65. The second kappa shape index (κ2) is 8.34. The van der Waals surface area contributed by atoms with Crippen molar-refractivity contribution in [1.29, 1.82) is 0 Å². The Morgan fingerprint density at radius 1 is 1.15 bits per heavy atom. The normalized spacial score (nSPS) is 14.1. The Morgan fingerprint density at radius 2 is 1.97 bits per heavy atom. The number of aromatic nitrogens is 2. The van der Waals surface area contributed by atoms with Crippen LogP contribution in [0.3, 0.4) is 0 Å². The molecule has 168 valence electrons. The number of ether oxygens (including phenoxy) is 2. The van der Waals surface area contributed by atoms with Crippen LogP contribution in [0.5, 0.6) is 17.2 Å². The zero-order valence-corrected chi connectivity index (χ0v) is 17.7. The Kier molecular flexibility index (Phi) is 5.21. The lowest BCUT2D eigenvalue weighted by Gasteiger charge is -2.09. The topological polar surface area (TPSA) is 115 Å². The Hall–Kier alpha value is -4.27. The zero-order valence-electron chi connectivity index (χ0n) is 17.7. The minimum Gasteiger partial charge on any atom is -0.507 e. The van der Waals surface area contributed by atoms with E-state index in [1.165, 1.54) is 10.7 Å². The maximum Gasteiger partial charge on any atom is 0.342 e. The summed E-state index contributed by atoms with van der Waals surface area (Å²) in [7, 11) is 0. The van der Waals surface area contributed by atoms with Gasteiger partial charge in [-0.3, -0.25) is 4.79 Å². The number of benzene rings is 2. The number of phenols is 1. The molecule has 2 aromatic carbocycles. The van der Waals surface area contributed by atoms with Crippen molar-refractivity contribution in [1.82, 2.24) is 15.1 Å². The van der Waals surface area contributed by atoms with Crippen molar-refractivity contribution in [3.63, 3.8) is 0 Å². The molecule has 1 aliphatic carbocycles. The number of hydrogen-bond acceptors (Lipinski definition) is 6. The molecule has 0 radical (unpaired) electrons. The van der Waals surface area contributed by atoms with Gasteiger partial charge in [0.15, 0.2) is 11.5 Å². The average Bonchev–Trinajstić information content (AvgIpc) is 3.39. The lowest BCUT2D eigenvalue weighted by Crippen LogP contribution is -2.30. The van der Waals surface area contributed by atoms with E-state index in [0.717, 1.165) is 18.5 Å². The van der Waals surface area contributed by atoms with Gasteiger partial charge in [0.05, 0.1) is 11.4 Å². The van der Waals surface area contributed by atoms with E-state index < -0.39 is 0 Å². The number of anilines is 1. The smallest absolute Gasteiger partial charge is 0.342 e. The van der Waals surface area contributed by atoms with Gasteiger partial charge in [-0.2, -0.15) is 9.78 Å². The lowest BCUT2D eigenvalue weighted by atomic mass is 10.1. The van der Waals surface area contributed by atoms with Crippen molar-refractivity contribution in [3.05, 3.63) is 66.4 Å². The third-order valence-corrected chi connectivity index (χ3v) is 5.49. The Bertz CT molecular complexity index is 1260. The summed E-state index contributed by atoms with van der Waals surface area (Å²) in [5.41, 5.74) is 2.54. The first-order valence-electron chi connectivity index (χ1n) is 10.6. The lowest BCUT2D eigenvalue weighted by molar-refractivity contribution is 0.102. The van der Waals surface area contributed by atoms with E-state index in [9.17, 15) is 14.7 Å². The summed E-state index contributed by atoms with van der Waals surface area (Å²) in [5.74, 6) is 1.03. The minimum atomic E-state index is -0.352. The summed E-state index contributed by atoms with van der Waals surface area (Å²) >= 11 is 0. The van der Waals surface area contributed by atoms with E-state index in [0.29, 0.717) is 40.6 Å². The second-order valence-corrected chi connectivity index (χ2v) is 7.87. The number of rotatable bonds is 6. The van der Waals surface area contributed by atoms with E-state index in [4.69, 9.17) is 9.47 Å². The molecular formula is C24H22N4O5. The van der Waals surface area contributed by atoms with Crippen LogP contribution < -0.4 is 20.1 Å². The first-order chi connectivity index (χ1) is 16.0. The number of fused-ring (bicyclic) bond motifs is 1. The van der Waals surface area contributed by atoms with Gasteiger partial charge in [0.1, 0.15) is 5.75 Å². The van der Waals surface area contributed by atoms with Crippen LogP contribution in [0.4, 0.5) is 10.5 Å². The Morgan fingerprint density at radius 3 is 2.76 bits per heavy atom. The van der Waals surface area contributed by atoms with Crippen molar-refractivity contribution in [2.45, 2.75) is 18.8 Å². The molecule has 0 saturated heterocycles. The molecule has 2 aliphatic rings. The molecule has 1 aliphatic heterocycles. The Balaban J connectivity index is 1.41. The van der Waals surface area contributed by atoms with Crippen LogP contribution in [0.15, 0.2) is 55.1 Å². The molecule has 3 aromatic rings. The van der Waals surface area contributed by atoms with Gasteiger partial charge in [0.25, 0.3) is 5.91 Å². The zero-order chi connectivity index (χ0) is 22.9. The van der Waals surface area contributed by atoms with Gasteiger partial charge in [-0.15, -0.1) is 6.58 Å². The molecule has 0 spiro atoms. The highest BCUT2D eigenvalue weighted by atomic mass is 16.7. The summed E-state index contributed by atoms with van der Waals surface area (Å²) in [6.07, 6.45) is 3.56. The largest absolute Gasteiger partial charge is 0.507 e. The van der Waals surface area contributed by atoms with Crippen LogP contribution in [0, 0.1) is 0 Å². The molecule has 0 bridgehead atoms. The molecule has 2 amide bonds. The number of hydrogen-bond donors (Lipinski definition) is 3. The molecule has 1 aromatic heterocycles. The summed E-state index contributed by atoms with van der Waals surface area (Å²) in [6, 6.07) is 11.1. The highest BCUT2D eigenvalue weighted by Crippen LogP contribution is 2.42. The number of aromatic hydroxyl groups is 1. The number of nitrogens with one attached hydrogen (secondary N) is 2. The van der Waals surface area contributed by atoms with Gasteiger partial charge < -0.3 is 25.2 Å². The van der Waals surface area contributed by atoms with Gasteiger partial charge in [-0.05, 0) is 55.3 Å². The number of carbonyl (C=O) groups is 2. The number of phenolic OH excluding ortho intramolecular Hbond substituents is 1. The maximum absolute atomic E-state index is 12.7. The van der Waals surface area contributed by atoms with Crippen LogP contribution in [0.2, 0.25) is 0 Å². The Labute approximate surface area is 189 Å². The molecule has 1 saturated carbocycles. The fraction of sp³-hybridized carbons (Fsp3) is 0.208. The van der Waals surface area contributed by atoms with E-state index >= 15 is 0 Å². The molecule has 1 fully saturated rings. The van der Waals surface area contributed by atoms with Gasteiger partial charge in [0, 0.05) is 29.3 Å². The van der Waals surface area contributed by atoms with Gasteiger partial charge >= 0.3 is 6.03 Å². The predicted octanol–water partition coefficient (Wildman–Crippen LogP) is 3.86. The molecule has 0 unspecified atom stereocenters. The van der Waals surface area contributed by atoms with Gasteiger partial charge in [0.2, 0.25) is 6.79 Å². The second-order valence-electron chi connectivity index (χ2n) is 7.87. The number of carbonyl (C=O) groups excluding carboxylic acids is 2. The fourth-order valence-corrected chi connectivity index (χ4v) is 3.65. The first-order valence-corrected chi connectivity index (χ1v) is 10.6. The number of amides is 2. The van der Waals surface area contributed by atoms with Crippen molar-refractivity contribution in [2.24, 2.45) is 0 Å². The van der Waals surface area contributed by atoms with E-state index in [-0.39, 0.29) is 30.4 Å². The highest BCUT2D eigenvalue weighted by Gasteiger charge is 2.30. The van der Waals surface area contributed by atoms with Crippen LogP contribution in [-0.4, -0.2) is 40.2 Å². The van der Waals surface area contributed by atoms with Crippen LogP contribution in [-0.2, 0) is 0 Å². The third-order valence-electron chi connectivity index (χ3n) is 5.49. The third kappa shape index (κ3) is 4.12. The van der Waals surface area contributed by atoms with Crippen molar-refractivity contribution >= 4 is 17.6 Å². The summed E-state index contributed by atoms with van der Waals surface area (Å²) in [6.45, 7) is 4.06. The van der Waals surface area contributed by atoms with Crippen LogP contribution in [0.1, 0.15) is 34.8 Å². The molecule has 33 heavy (non-hydrogen) atoms. The van der Waals surface area contributed by atoms with Gasteiger partial charge in [-0.1, -0.05) is 6.08 Å². The van der Waals surface area contributed by atoms with Crippen LogP contribution in [0.25, 0.3) is 11.3 Å². The monoisotopic (exact) mass is 446 g/mol. The summed E-state index contributed by atoms with van der Waals surface area (Å²) < 4.78 is 11.9. The van der Waals surface area contributed by atoms with E-state index in [1.54, 1.807) is 36.4 Å². The minimum absolute atomic E-state index is 0.00502. The van der Waals surface area contributed by atoms with Crippen molar-refractivity contribution in [3.8, 4) is 28.5 Å². The SMILES string of the molecule is C=CCNC(=O)n1nc(-c2cc(NC(=O)c3ccc4c(c3)OCO4)ccc2O)cc1C1CC1. The van der Waals surface area contributed by atoms with Crippen molar-refractivity contribution < 1.29 is 24.2 Å². The summed E-state index contributed by atoms with van der Waals surface area (Å²) in [5, 5.41) is 20.5. The van der Waals surface area contributed by atoms with Crippen molar-refractivity contribution in [2.75, 3.05) is 18.7 Å². The predicted molar refractivity (Wildman–Crippen MR) is 121 cm³/mol. The van der Waals surface area contributed by atoms with E-state index in [1.807, 2.05) is 6.07 Å². The summed E-state index contributed by atoms with van der Waals surface area (Å²) in [4.78, 5) is 25.3. The molecule has 9 heteroatoms. The quantitative estimate of drug-likeness (QED) is 0.391. The van der Waals surface area contributed by atoms with Crippen LogP contribution >= 0.6 is 0 Å². The molecule has 9 nitrogen and oxygen atoms in total. The molecular weight excluding hydrogens is 424 g/mol. The van der Waals surface area contributed by atoms with Gasteiger partial charge in [-0.25, -0.2) is 4.79 Å². The molecule has 3 N–H and O–H groups in total.